The molecule has 1 saturated heterocycles. The average molecular weight is 292 g/mol. The zero-order valence-corrected chi connectivity index (χ0v) is 11.8. The van der Waals surface area contributed by atoms with Crippen molar-refractivity contribution < 1.29 is 19.1 Å². The summed E-state index contributed by atoms with van der Waals surface area (Å²) in [5.74, 6) is 0.359. The standard InChI is InChI=1S/C15H20N2O4/c18-14(20-10-12-4-2-1-3-5-12)17-15(19)21-11-13-6-8-16-9-7-13/h1-5,13,16H,6-11H2,(H,17,18,19). The molecule has 1 aromatic carbocycles. The maximum absolute atomic E-state index is 11.5. The van der Waals surface area contributed by atoms with Gasteiger partial charge in [0.15, 0.2) is 0 Å². The first-order chi connectivity index (χ1) is 10.2. The van der Waals surface area contributed by atoms with E-state index in [0.29, 0.717) is 12.5 Å². The van der Waals surface area contributed by atoms with E-state index < -0.39 is 12.2 Å². The number of carbonyl (C=O) groups excluding carboxylic acids is 2. The fourth-order valence-electron chi connectivity index (χ4n) is 2.12. The van der Waals surface area contributed by atoms with Gasteiger partial charge in [-0.3, -0.25) is 0 Å². The van der Waals surface area contributed by atoms with Gasteiger partial charge in [-0.15, -0.1) is 0 Å². The molecule has 1 aliphatic heterocycles. The van der Waals surface area contributed by atoms with Crippen molar-refractivity contribution in [3.05, 3.63) is 35.9 Å². The quantitative estimate of drug-likeness (QED) is 0.888. The number of nitrogens with one attached hydrogen (secondary N) is 2. The van der Waals surface area contributed by atoms with Crippen molar-refractivity contribution in [1.29, 1.82) is 0 Å². The molecule has 6 nitrogen and oxygen atoms in total. The first-order valence-corrected chi connectivity index (χ1v) is 7.09. The van der Waals surface area contributed by atoms with Gasteiger partial charge in [0.1, 0.15) is 6.61 Å². The molecule has 0 bridgehead atoms. The fourth-order valence-corrected chi connectivity index (χ4v) is 2.12. The normalized spacial score (nSPS) is 15.2. The third-order valence-electron chi connectivity index (χ3n) is 3.33. The number of ether oxygens (including phenoxy) is 2. The van der Waals surface area contributed by atoms with Crippen LogP contribution in [0.5, 0.6) is 0 Å². The van der Waals surface area contributed by atoms with Crippen molar-refractivity contribution in [1.82, 2.24) is 10.6 Å². The van der Waals surface area contributed by atoms with E-state index in [0.717, 1.165) is 31.5 Å². The molecule has 0 aromatic heterocycles. The number of rotatable bonds is 4. The summed E-state index contributed by atoms with van der Waals surface area (Å²) in [6.07, 6.45) is 0.401. The molecule has 0 aliphatic carbocycles. The van der Waals surface area contributed by atoms with Crippen LogP contribution in [0, 0.1) is 5.92 Å². The Labute approximate surface area is 123 Å². The molecule has 0 saturated carbocycles. The van der Waals surface area contributed by atoms with Gasteiger partial charge in [-0.05, 0) is 37.4 Å². The Morgan fingerprint density at radius 1 is 1.10 bits per heavy atom. The molecule has 2 N–H and O–H groups in total. The highest BCUT2D eigenvalue weighted by atomic mass is 16.6. The van der Waals surface area contributed by atoms with E-state index in [4.69, 9.17) is 9.47 Å². The van der Waals surface area contributed by atoms with Crippen LogP contribution in [0.25, 0.3) is 0 Å². The second kappa shape index (κ2) is 8.26. The van der Waals surface area contributed by atoms with Gasteiger partial charge in [0.25, 0.3) is 0 Å². The lowest BCUT2D eigenvalue weighted by Crippen LogP contribution is -2.35. The third-order valence-corrected chi connectivity index (χ3v) is 3.33. The number of amides is 2. The topological polar surface area (TPSA) is 76.7 Å². The van der Waals surface area contributed by atoms with Crippen LogP contribution < -0.4 is 10.6 Å². The Kier molecular flexibility index (Phi) is 6.02. The summed E-state index contributed by atoms with van der Waals surface area (Å²) >= 11 is 0. The minimum Gasteiger partial charge on any atom is -0.449 e. The van der Waals surface area contributed by atoms with Gasteiger partial charge in [-0.25, -0.2) is 14.9 Å². The zero-order valence-electron chi connectivity index (χ0n) is 11.8. The lowest BCUT2D eigenvalue weighted by Gasteiger charge is -2.21. The lowest BCUT2D eigenvalue weighted by molar-refractivity contribution is 0.106. The number of alkyl carbamates (subject to hydrolysis) is 2. The van der Waals surface area contributed by atoms with Crippen LogP contribution in [-0.2, 0) is 16.1 Å². The van der Waals surface area contributed by atoms with Gasteiger partial charge in [-0.2, -0.15) is 0 Å². The number of piperidine rings is 1. The highest BCUT2D eigenvalue weighted by Crippen LogP contribution is 2.11. The van der Waals surface area contributed by atoms with Gasteiger partial charge in [0.2, 0.25) is 0 Å². The van der Waals surface area contributed by atoms with E-state index in [-0.39, 0.29) is 6.61 Å². The molecule has 0 unspecified atom stereocenters. The van der Waals surface area contributed by atoms with Crippen LogP contribution in [0.15, 0.2) is 30.3 Å². The monoisotopic (exact) mass is 292 g/mol. The molecule has 1 aromatic rings. The summed E-state index contributed by atoms with van der Waals surface area (Å²) < 4.78 is 9.96. The Morgan fingerprint density at radius 2 is 1.76 bits per heavy atom. The molecule has 1 fully saturated rings. The van der Waals surface area contributed by atoms with Crippen molar-refractivity contribution in [3.8, 4) is 0 Å². The first-order valence-electron chi connectivity index (χ1n) is 7.09. The van der Waals surface area contributed by atoms with Crippen LogP contribution >= 0.6 is 0 Å². The molecule has 1 heterocycles. The zero-order chi connectivity index (χ0) is 14.9. The number of hydrogen-bond donors (Lipinski definition) is 2. The Bertz CT molecular complexity index is 458. The maximum atomic E-state index is 11.5. The van der Waals surface area contributed by atoms with Crippen LogP contribution in [0.4, 0.5) is 9.59 Å². The first kappa shape index (κ1) is 15.3. The van der Waals surface area contributed by atoms with Crippen molar-refractivity contribution in [2.24, 2.45) is 5.92 Å². The number of hydrogen-bond acceptors (Lipinski definition) is 5. The van der Waals surface area contributed by atoms with Crippen LogP contribution in [0.1, 0.15) is 18.4 Å². The number of benzene rings is 1. The summed E-state index contributed by atoms with van der Waals surface area (Å²) in [6, 6.07) is 9.25. The Balaban J connectivity index is 1.61. The molecule has 2 amide bonds. The smallest absolute Gasteiger partial charge is 0.416 e. The molecule has 21 heavy (non-hydrogen) atoms. The second-order valence-corrected chi connectivity index (χ2v) is 4.98. The molecule has 0 radical (unpaired) electrons. The molecule has 0 spiro atoms. The van der Waals surface area contributed by atoms with Crippen molar-refractivity contribution in [2.45, 2.75) is 19.4 Å². The van der Waals surface area contributed by atoms with Crippen molar-refractivity contribution in [2.75, 3.05) is 19.7 Å². The van der Waals surface area contributed by atoms with E-state index >= 15 is 0 Å². The lowest BCUT2D eigenvalue weighted by atomic mass is 9.99. The minimum absolute atomic E-state index is 0.119. The molecular weight excluding hydrogens is 272 g/mol. The summed E-state index contributed by atoms with van der Waals surface area (Å²) in [4.78, 5) is 22.9. The van der Waals surface area contributed by atoms with Crippen LogP contribution in [0.3, 0.4) is 0 Å². The summed E-state index contributed by atoms with van der Waals surface area (Å²) in [5.41, 5.74) is 0.857. The predicted molar refractivity (Wildman–Crippen MR) is 76.7 cm³/mol. The van der Waals surface area contributed by atoms with E-state index in [1.54, 1.807) is 0 Å². The van der Waals surface area contributed by atoms with Crippen molar-refractivity contribution in [3.63, 3.8) is 0 Å². The van der Waals surface area contributed by atoms with Gasteiger partial charge in [0, 0.05) is 0 Å². The van der Waals surface area contributed by atoms with Gasteiger partial charge in [0.05, 0.1) is 6.61 Å². The Morgan fingerprint density at radius 3 is 2.48 bits per heavy atom. The van der Waals surface area contributed by atoms with Gasteiger partial charge in [-0.1, -0.05) is 30.3 Å². The second-order valence-electron chi connectivity index (χ2n) is 4.98. The summed E-state index contributed by atoms with van der Waals surface area (Å²) in [5, 5.41) is 5.29. The van der Waals surface area contributed by atoms with Crippen LogP contribution in [-0.4, -0.2) is 31.9 Å². The predicted octanol–water partition coefficient (Wildman–Crippen LogP) is 2.05. The summed E-state index contributed by atoms with van der Waals surface area (Å²) in [7, 11) is 0. The van der Waals surface area contributed by atoms with E-state index in [2.05, 4.69) is 10.6 Å². The highest BCUT2D eigenvalue weighted by Gasteiger charge is 2.16. The fraction of sp³-hybridized carbons (Fsp3) is 0.467. The molecule has 0 atom stereocenters. The van der Waals surface area contributed by atoms with Gasteiger partial charge >= 0.3 is 12.2 Å². The van der Waals surface area contributed by atoms with E-state index in [1.807, 2.05) is 30.3 Å². The number of imide groups is 1. The number of carbonyl (C=O) groups is 2. The molecule has 114 valence electrons. The third kappa shape index (κ3) is 5.83. The summed E-state index contributed by atoms with van der Waals surface area (Å²) in [6.45, 7) is 2.33. The molecule has 1 aliphatic rings. The Hall–Kier alpha value is -2.08. The van der Waals surface area contributed by atoms with E-state index in [1.165, 1.54) is 0 Å². The van der Waals surface area contributed by atoms with Crippen molar-refractivity contribution >= 4 is 12.2 Å². The minimum atomic E-state index is -0.797. The maximum Gasteiger partial charge on any atom is 0.416 e. The van der Waals surface area contributed by atoms with Crippen LogP contribution in [0.2, 0.25) is 0 Å². The molecular formula is C15H20N2O4. The molecule has 6 heteroatoms. The molecule has 2 rings (SSSR count). The average Bonchev–Trinajstić information content (AvgIpc) is 2.53. The van der Waals surface area contributed by atoms with E-state index in [9.17, 15) is 9.59 Å². The largest absolute Gasteiger partial charge is 0.449 e. The van der Waals surface area contributed by atoms with Gasteiger partial charge < -0.3 is 14.8 Å². The highest BCUT2D eigenvalue weighted by molar-refractivity contribution is 5.87. The SMILES string of the molecule is O=C(NC(=O)OCC1CCNCC1)OCc1ccccc1.